The largest absolute Gasteiger partial charge is 0.495 e. The van der Waals surface area contributed by atoms with E-state index in [1.54, 1.807) is 19.2 Å². The van der Waals surface area contributed by atoms with Crippen LogP contribution in [-0.2, 0) is 0 Å². The maximum Gasteiger partial charge on any atom is 0.220 e. The first-order chi connectivity index (χ1) is 12.0. The number of hydrogen-bond acceptors (Lipinski definition) is 7. The lowest BCUT2D eigenvalue weighted by Crippen LogP contribution is -2.08. The Morgan fingerprint density at radius 1 is 1.24 bits per heavy atom. The smallest absolute Gasteiger partial charge is 0.220 e. The summed E-state index contributed by atoms with van der Waals surface area (Å²) in [6, 6.07) is 1.59. The fourth-order valence-corrected chi connectivity index (χ4v) is 2.88. The van der Waals surface area contributed by atoms with Crippen molar-refractivity contribution in [3.05, 3.63) is 39.1 Å². The predicted molar refractivity (Wildman–Crippen MR) is 98.3 cm³/mol. The molecule has 0 saturated carbocycles. The predicted octanol–water partition coefficient (Wildman–Crippen LogP) is 2.91. The molecule has 0 fully saturated rings. The summed E-state index contributed by atoms with van der Waals surface area (Å²) in [6.07, 6.45) is 3.66. The maximum atomic E-state index is 11.2. The zero-order valence-electron chi connectivity index (χ0n) is 13.8. The molecule has 2 aromatic rings. The van der Waals surface area contributed by atoms with Crippen LogP contribution >= 0.6 is 23.2 Å². The number of anilines is 1. The summed E-state index contributed by atoms with van der Waals surface area (Å²) in [5.74, 6) is 0.788. The van der Waals surface area contributed by atoms with Crippen LogP contribution in [-0.4, -0.2) is 37.5 Å². The van der Waals surface area contributed by atoms with Gasteiger partial charge in [0.15, 0.2) is 6.29 Å². The van der Waals surface area contributed by atoms with E-state index in [1.165, 1.54) is 20.4 Å². The molecule has 7 nitrogen and oxygen atoms in total. The number of aromatic nitrogens is 2. The van der Waals surface area contributed by atoms with Crippen molar-refractivity contribution < 1.29 is 14.3 Å². The number of carbonyl (C=O) groups is 1. The van der Waals surface area contributed by atoms with Crippen LogP contribution in [0.1, 0.15) is 21.6 Å². The number of nitrogen functional groups attached to an aromatic ring is 1. The van der Waals surface area contributed by atoms with Gasteiger partial charge in [-0.25, -0.2) is 9.97 Å². The Hall–Kier alpha value is -2.51. The number of nitrogens with zero attached hydrogens (tertiary/aromatic N) is 2. The van der Waals surface area contributed by atoms with Gasteiger partial charge in [-0.3, -0.25) is 4.79 Å². The molecule has 0 unspecified atom stereocenters. The third kappa shape index (κ3) is 3.78. The topological polar surface area (TPSA) is 99.4 Å². The Morgan fingerprint density at radius 2 is 1.84 bits per heavy atom. The summed E-state index contributed by atoms with van der Waals surface area (Å²) < 4.78 is 10.5. The summed E-state index contributed by atoms with van der Waals surface area (Å²) in [5.41, 5.74) is 7.07. The standard InChI is InChI=1S/C16H16Cl2N4O3/c1-20-9(4-8-6-21-16(19)22-10(8)7-23)13-14(17)11(24-2)5-12(25-3)15(13)18/h4-7,20H,1-3H3,(H2,19,21,22)/b9-4-. The first-order valence-corrected chi connectivity index (χ1v) is 7.79. The minimum absolute atomic E-state index is 0.00405. The molecule has 0 bridgehead atoms. The van der Waals surface area contributed by atoms with Crippen LogP contribution in [0.3, 0.4) is 0 Å². The number of hydrogen-bond donors (Lipinski definition) is 2. The molecule has 25 heavy (non-hydrogen) atoms. The van der Waals surface area contributed by atoms with Gasteiger partial charge in [0.05, 0.1) is 24.3 Å². The van der Waals surface area contributed by atoms with Crippen LogP contribution in [0.4, 0.5) is 5.95 Å². The van der Waals surface area contributed by atoms with E-state index in [0.29, 0.717) is 34.6 Å². The lowest BCUT2D eigenvalue weighted by molar-refractivity contribution is 0.111. The van der Waals surface area contributed by atoms with E-state index in [9.17, 15) is 4.79 Å². The number of nitrogens with two attached hydrogens (primary N) is 1. The summed E-state index contributed by atoms with van der Waals surface area (Å²) in [5, 5.41) is 3.57. The summed E-state index contributed by atoms with van der Waals surface area (Å²) in [6.45, 7) is 0. The van der Waals surface area contributed by atoms with Crippen molar-refractivity contribution in [1.82, 2.24) is 15.3 Å². The van der Waals surface area contributed by atoms with E-state index < -0.39 is 0 Å². The van der Waals surface area contributed by atoms with Gasteiger partial charge in [-0.2, -0.15) is 0 Å². The molecule has 0 amide bonds. The van der Waals surface area contributed by atoms with Crippen molar-refractivity contribution >= 4 is 47.2 Å². The molecule has 0 aliphatic rings. The molecular weight excluding hydrogens is 367 g/mol. The molecule has 2 rings (SSSR count). The summed E-state index contributed by atoms with van der Waals surface area (Å²) in [4.78, 5) is 19.0. The second kappa shape index (κ2) is 8.04. The second-order valence-corrected chi connectivity index (χ2v) is 5.53. The highest BCUT2D eigenvalue weighted by Crippen LogP contribution is 2.43. The number of aldehydes is 1. The molecule has 0 atom stereocenters. The van der Waals surface area contributed by atoms with Crippen molar-refractivity contribution in [2.45, 2.75) is 0 Å². The Bertz CT molecular complexity index is 812. The average Bonchev–Trinajstić information content (AvgIpc) is 2.62. The van der Waals surface area contributed by atoms with E-state index in [1.807, 2.05) is 0 Å². The van der Waals surface area contributed by atoms with E-state index in [2.05, 4.69) is 15.3 Å². The van der Waals surface area contributed by atoms with Crippen molar-refractivity contribution in [2.24, 2.45) is 0 Å². The molecular formula is C16H16Cl2N4O3. The quantitative estimate of drug-likeness (QED) is 0.740. The normalized spacial score (nSPS) is 11.2. The molecule has 0 spiro atoms. The molecule has 0 saturated heterocycles. The fourth-order valence-electron chi connectivity index (χ4n) is 2.17. The van der Waals surface area contributed by atoms with Gasteiger partial charge in [-0.1, -0.05) is 23.2 Å². The number of nitrogens with one attached hydrogen (secondary N) is 1. The van der Waals surface area contributed by atoms with Gasteiger partial charge in [-0.15, -0.1) is 0 Å². The van der Waals surface area contributed by atoms with Gasteiger partial charge in [-0.05, 0) is 6.08 Å². The van der Waals surface area contributed by atoms with E-state index in [4.69, 9.17) is 38.4 Å². The van der Waals surface area contributed by atoms with E-state index in [0.717, 1.165) is 0 Å². The number of halogens is 2. The number of ether oxygens (including phenoxy) is 2. The minimum atomic E-state index is 0.00405. The SMILES string of the molecule is CN/C(=C\c1cnc(N)nc1C=O)c1c(Cl)c(OC)cc(OC)c1Cl. The number of benzene rings is 1. The van der Waals surface area contributed by atoms with Gasteiger partial charge in [0.25, 0.3) is 0 Å². The van der Waals surface area contributed by atoms with Crippen molar-refractivity contribution in [1.29, 1.82) is 0 Å². The minimum Gasteiger partial charge on any atom is -0.495 e. The highest BCUT2D eigenvalue weighted by Gasteiger charge is 2.20. The van der Waals surface area contributed by atoms with Crippen LogP contribution in [0.15, 0.2) is 12.3 Å². The fraction of sp³-hybridized carbons (Fsp3) is 0.188. The highest BCUT2D eigenvalue weighted by atomic mass is 35.5. The summed E-state index contributed by atoms with van der Waals surface area (Å²) in [7, 11) is 4.65. The summed E-state index contributed by atoms with van der Waals surface area (Å²) >= 11 is 12.8. The molecule has 0 aliphatic heterocycles. The van der Waals surface area contributed by atoms with E-state index >= 15 is 0 Å². The lowest BCUT2D eigenvalue weighted by Gasteiger charge is -2.17. The van der Waals surface area contributed by atoms with Gasteiger partial charge < -0.3 is 20.5 Å². The van der Waals surface area contributed by atoms with Gasteiger partial charge in [0.2, 0.25) is 5.95 Å². The number of rotatable bonds is 6. The Morgan fingerprint density at radius 3 is 2.32 bits per heavy atom. The number of carbonyl (C=O) groups excluding carboxylic acids is 1. The highest BCUT2D eigenvalue weighted by molar-refractivity contribution is 6.39. The maximum absolute atomic E-state index is 11.2. The molecule has 3 N–H and O–H groups in total. The zero-order chi connectivity index (χ0) is 18.6. The average molecular weight is 383 g/mol. The molecule has 1 aromatic carbocycles. The van der Waals surface area contributed by atoms with Crippen molar-refractivity contribution in [2.75, 3.05) is 27.0 Å². The van der Waals surface area contributed by atoms with Crippen molar-refractivity contribution in [3.63, 3.8) is 0 Å². The van der Waals surface area contributed by atoms with E-state index in [-0.39, 0.29) is 21.7 Å². The molecule has 9 heteroatoms. The van der Waals surface area contributed by atoms with Crippen LogP contribution in [0.2, 0.25) is 10.0 Å². The van der Waals surface area contributed by atoms with Gasteiger partial charge in [0, 0.05) is 36.1 Å². The van der Waals surface area contributed by atoms with Crippen LogP contribution in [0.5, 0.6) is 11.5 Å². The van der Waals surface area contributed by atoms with Gasteiger partial charge >= 0.3 is 0 Å². The first kappa shape index (κ1) is 18.8. The Labute approximate surface area is 154 Å². The van der Waals surface area contributed by atoms with Crippen LogP contribution < -0.4 is 20.5 Å². The monoisotopic (exact) mass is 382 g/mol. The molecule has 0 aliphatic carbocycles. The third-order valence-electron chi connectivity index (χ3n) is 3.39. The lowest BCUT2D eigenvalue weighted by atomic mass is 10.1. The van der Waals surface area contributed by atoms with Crippen LogP contribution in [0.25, 0.3) is 11.8 Å². The third-order valence-corrected chi connectivity index (χ3v) is 4.14. The van der Waals surface area contributed by atoms with Crippen molar-refractivity contribution in [3.8, 4) is 11.5 Å². The number of methoxy groups -OCH3 is 2. The van der Waals surface area contributed by atoms with Crippen LogP contribution in [0, 0.1) is 0 Å². The Kier molecular flexibility index (Phi) is 6.06. The molecule has 0 radical (unpaired) electrons. The second-order valence-electron chi connectivity index (χ2n) is 4.78. The molecule has 1 heterocycles. The molecule has 1 aromatic heterocycles. The van der Waals surface area contributed by atoms with Gasteiger partial charge in [0.1, 0.15) is 17.2 Å². The Balaban J connectivity index is 2.72. The zero-order valence-corrected chi connectivity index (χ0v) is 15.3. The molecule has 132 valence electrons. The first-order valence-electron chi connectivity index (χ1n) is 7.04.